The summed E-state index contributed by atoms with van der Waals surface area (Å²) in [5.74, 6) is -2.79. The van der Waals surface area contributed by atoms with Gasteiger partial charge in [-0.25, -0.2) is 8.42 Å². The zero-order chi connectivity index (χ0) is 23.1. The van der Waals surface area contributed by atoms with Gasteiger partial charge in [-0.15, -0.1) is 0 Å². The van der Waals surface area contributed by atoms with Crippen molar-refractivity contribution in [1.82, 2.24) is 0 Å². The van der Waals surface area contributed by atoms with E-state index < -0.39 is 33.9 Å². The molecule has 0 saturated heterocycles. The van der Waals surface area contributed by atoms with Crippen LogP contribution >= 0.6 is 0 Å². The summed E-state index contributed by atoms with van der Waals surface area (Å²) < 4.78 is 30.3. The minimum atomic E-state index is -4.32. The van der Waals surface area contributed by atoms with Gasteiger partial charge in [-0.3, -0.25) is 0 Å². The molecular formula is C17H35NaO11S-2. The molecule has 30 heavy (non-hydrogen) atoms. The van der Waals surface area contributed by atoms with Crippen LogP contribution in [0.4, 0.5) is 0 Å². The second-order valence-electron chi connectivity index (χ2n) is 6.06. The maximum absolute atomic E-state index is 10.1. The van der Waals surface area contributed by atoms with Gasteiger partial charge in [0.1, 0.15) is 0 Å². The Kier molecular flexibility index (Phi) is 33.0. The van der Waals surface area contributed by atoms with Crippen molar-refractivity contribution in [2.24, 2.45) is 0 Å². The number of unbranched alkanes of at least 4 members (excludes halogenated alkanes) is 4. The average molecular weight is 471 g/mol. The predicted octanol–water partition coefficient (Wildman–Crippen LogP) is -5.51. The van der Waals surface area contributed by atoms with Crippen LogP contribution in [0.1, 0.15) is 65.6 Å². The van der Waals surface area contributed by atoms with Crippen molar-refractivity contribution in [3.05, 3.63) is 0 Å². The van der Waals surface area contributed by atoms with Gasteiger partial charge < -0.3 is 44.8 Å². The second kappa shape index (κ2) is 26.7. The number of carboxylic acid groups (broad SMARTS) is 2. The van der Waals surface area contributed by atoms with Crippen LogP contribution in [0.25, 0.3) is 0 Å². The van der Waals surface area contributed by atoms with Crippen LogP contribution in [0, 0.1) is 0 Å². The largest absolute Gasteiger partial charge is 1.00 e. The van der Waals surface area contributed by atoms with Gasteiger partial charge in [0.25, 0.3) is 0 Å². The summed E-state index contributed by atoms with van der Waals surface area (Å²) in [6.45, 7) is 0.219. The number of carbonyl (C=O) groups is 2. The van der Waals surface area contributed by atoms with E-state index in [9.17, 15) is 32.8 Å². The predicted molar refractivity (Wildman–Crippen MR) is 100 cm³/mol. The van der Waals surface area contributed by atoms with E-state index in [0.717, 1.165) is 6.42 Å². The van der Waals surface area contributed by atoms with E-state index in [-0.39, 0.29) is 70.1 Å². The molecule has 0 saturated carbocycles. The number of hydrogen-bond donors (Lipinski definition) is 4. The van der Waals surface area contributed by atoms with Crippen LogP contribution in [-0.4, -0.2) is 77.0 Å². The molecule has 0 amide bonds. The molecule has 11 nitrogen and oxygen atoms in total. The molecule has 0 spiro atoms. The molecule has 0 aliphatic carbocycles. The van der Waals surface area contributed by atoms with E-state index >= 15 is 0 Å². The van der Waals surface area contributed by atoms with Crippen molar-refractivity contribution >= 4 is 22.1 Å². The molecule has 0 aromatic rings. The Hall–Kier alpha value is -0.310. The fourth-order valence-electron chi connectivity index (χ4n) is 1.75. The van der Waals surface area contributed by atoms with E-state index in [4.69, 9.17) is 20.4 Å². The molecule has 1 atom stereocenters. The van der Waals surface area contributed by atoms with Crippen molar-refractivity contribution in [2.45, 2.75) is 70.3 Å². The van der Waals surface area contributed by atoms with Gasteiger partial charge in [-0.05, 0) is 57.8 Å². The quantitative estimate of drug-likeness (QED) is 0.100. The van der Waals surface area contributed by atoms with Crippen molar-refractivity contribution in [1.29, 1.82) is 0 Å². The molecule has 13 heteroatoms. The zero-order valence-corrected chi connectivity index (χ0v) is 20.3. The van der Waals surface area contributed by atoms with Crippen LogP contribution in [0.2, 0.25) is 0 Å². The molecular weight excluding hydrogens is 435 g/mol. The summed E-state index contributed by atoms with van der Waals surface area (Å²) in [7, 11) is -4.32. The van der Waals surface area contributed by atoms with E-state index in [1.807, 2.05) is 0 Å². The van der Waals surface area contributed by atoms with Crippen LogP contribution < -0.4 is 39.8 Å². The summed E-state index contributed by atoms with van der Waals surface area (Å²) in [6.07, 6.45) is 3.47. The van der Waals surface area contributed by atoms with Gasteiger partial charge in [-0.2, -0.15) is 0 Å². The fourth-order valence-corrected chi connectivity index (χ4v) is 2.39. The molecule has 0 fully saturated rings. The van der Waals surface area contributed by atoms with Crippen molar-refractivity contribution in [2.75, 3.05) is 25.6 Å². The molecule has 0 rings (SSSR count). The third-order valence-electron chi connectivity index (χ3n) is 3.17. The van der Waals surface area contributed by atoms with E-state index in [2.05, 4.69) is 0 Å². The monoisotopic (exact) mass is 470 g/mol. The van der Waals surface area contributed by atoms with E-state index in [1.54, 1.807) is 0 Å². The molecule has 0 aliphatic heterocycles. The summed E-state index contributed by atoms with van der Waals surface area (Å²) in [4.78, 5) is 19.5. The summed E-state index contributed by atoms with van der Waals surface area (Å²) >= 11 is 0. The molecule has 0 radical (unpaired) electrons. The van der Waals surface area contributed by atoms with Crippen molar-refractivity contribution < 1.29 is 84.2 Å². The van der Waals surface area contributed by atoms with Gasteiger partial charge in [0.15, 0.2) is 0 Å². The number of rotatable bonds is 15. The summed E-state index contributed by atoms with van der Waals surface area (Å²) in [6, 6.07) is 0. The van der Waals surface area contributed by atoms with Gasteiger partial charge in [-0.1, -0.05) is 6.42 Å². The molecule has 4 N–H and O–H groups in total. The first-order valence-electron chi connectivity index (χ1n) is 9.34. The van der Waals surface area contributed by atoms with Crippen LogP contribution in [0.15, 0.2) is 0 Å². The van der Waals surface area contributed by atoms with Crippen LogP contribution in [0.3, 0.4) is 0 Å². The Morgan fingerprint density at radius 3 is 1.50 bits per heavy atom. The molecule has 0 heterocycles. The molecule has 0 aromatic heterocycles. The van der Waals surface area contributed by atoms with Crippen LogP contribution in [-0.2, 0) is 19.7 Å². The first kappa shape index (κ1) is 37.0. The molecule has 0 aromatic carbocycles. The van der Waals surface area contributed by atoms with Crippen LogP contribution in [0.5, 0.6) is 0 Å². The normalized spacial score (nSPS) is 11.1. The minimum Gasteiger partial charge on any atom is -0.748 e. The van der Waals surface area contributed by atoms with Gasteiger partial charge in [0.05, 0.1) is 22.0 Å². The Bertz CT molecular complexity index is 492. The summed E-state index contributed by atoms with van der Waals surface area (Å²) in [5, 5.41) is 53.2. The first-order valence-corrected chi connectivity index (χ1v) is 10.9. The van der Waals surface area contributed by atoms with Gasteiger partial charge in [0, 0.05) is 33.2 Å². The maximum atomic E-state index is 10.1. The number of hydrogen-bond acceptors (Lipinski definition) is 11. The topological polar surface area (TPSA) is 218 Å². The minimum absolute atomic E-state index is 0. The third kappa shape index (κ3) is 46.1. The Morgan fingerprint density at radius 2 is 1.13 bits per heavy atom. The standard InChI is InChI=1S/C6H14O5S.C6H12O3.C5H10O3.Na.H2/c7-4-2-1-3-6(8)5-12(9,10)11;7-5-3-1-2-4-6(8)9;6-4-2-1-3-5(7)8;;/h6-8H,1-5H2,(H,9,10,11);7H,1-5H2,(H,8,9);6H,1-4H2,(H,7,8);;1H/q;;;+1;/p-3. The Balaban J connectivity index is -0.000000108. The molecule has 178 valence electrons. The second-order valence-corrected chi connectivity index (χ2v) is 7.51. The van der Waals surface area contributed by atoms with E-state index in [0.29, 0.717) is 38.5 Å². The molecule has 0 aliphatic rings. The fraction of sp³-hybridized carbons (Fsp3) is 0.882. The first-order chi connectivity index (χ1) is 13.5. The molecule has 1 unspecified atom stereocenters. The number of aliphatic hydroxyl groups is 4. The number of carboxylic acids is 2. The van der Waals surface area contributed by atoms with Crippen molar-refractivity contribution in [3.8, 4) is 0 Å². The number of aliphatic carboxylic acids is 2. The Morgan fingerprint density at radius 1 is 0.767 bits per heavy atom. The Labute approximate surface area is 201 Å². The third-order valence-corrected chi connectivity index (χ3v) is 3.96. The van der Waals surface area contributed by atoms with E-state index in [1.165, 1.54) is 0 Å². The zero-order valence-electron chi connectivity index (χ0n) is 17.5. The maximum Gasteiger partial charge on any atom is 1.00 e. The number of carbonyl (C=O) groups excluding carboxylic acids is 2. The SMILES string of the molecule is O=C([O-])CCCCCO.O=C([O-])CCCCO.O=S(=O)([O-])CC(O)CCCCO.[HH].[Na+]. The smallest absolute Gasteiger partial charge is 0.748 e. The molecule has 0 bridgehead atoms. The average Bonchev–Trinajstić information content (AvgIpc) is 2.58. The van der Waals surface area contributed by atoms with Crippen molar-refractivity contribution in [3.63, 3.8) is 0 Å². The summed E-state index contributed by atoms with van der Waals surface area (Å²) in [5.41, 5.74) is 0. The number of aliphatic hydroxyl groups excluding tert-OH is 4. The van der Waals surface area contributed by atoms with Gasteiger partial charge >= 0.3 is 29.6 Å². The van der Waals surface area contributed by atoms with Gasteiger partial charge in [0.2, 0.25) is 0 Å².